The van der Waals surface area contributed by atoms with E-state index in [1.54, 1.807) is 14.2 Å². The highest BCUT2D eigenvalue weighted by molar-refractivity contribution is 6.77. The average molecular weight is 691 g/mol. The number of hydrogen-bond donors (Lipinski definition) is 2. The van der Waals surface area contributed by atoms with Crippen LogP contribution in [0, 0.1) is 5.92 Å². The number of hydrogen-bond acceptors (Lipinski definition) is 8. The van der Waals surface area contributed by atoms with Crippen LogP contribution in [0.4, 0.5) is 0 Å². The number of nitrogens with zero attached hydrogens (tertiary/aromatic N) is 1. The standard InChI is InChI=1S/C38H66N2O7Si/c1-13-17-29(8)20-30(9)18-15-14-16-19-36-39-34(25-45-36)37(42)40-33(24-41)35(43-11)22-31-21-32(23-38(10,44-12)46-31)47-48(26(2)3,27(4)5)28(6)7/h13-15,17,20,25-29,31-33,35,41H,16,18-19,21-24H2,1-12H3,(H,40,42)/b15-14+,17-13+,30-20-/t29-,31+,32+,33-,35+,38+/m1/s1. The summed E-state index contributed by atoms with van der Waals surface area (Å²) in [6.45, 7) is 21.7. The topological polar surface area (TPSA) is 112 Å². The van der Waals surface area contributed by atoms with Crippen molar-refractivity contribution in [3.05, 3.63) is 53.8 Å². The number of nitrogens with one attached hydrogen (secondary N) is 1. The van der Waals surface area contributed by atoms with Crippen LogP contribution in [-0.2, 0) is 25.1 Å². The van der Waals surface area contributed by atoms with E-state index in [2.05, 4.69) is 96.1 Å². The van der Waals surface area contributed by atoms with E-state index in [0.29, 0.717) is 54.1 Å². The first-order chi connectivity index (χ1) is 22.6. The van der Waals surface area contributed by atoms with Crippen molar-refractivity contribution < 1.29 is 33.0 Å². The summed E-state index contributed by atoms with van der Waals surface area (Å²) in [5.41, 5.74) is 2.86. The molecule has 274 valence electrons. The van der Waals surface area contributed by atoms with Gasteiger partial charge in [-0.15, -0.1) is 0 Å². The lowest BCUT2D eigenvalue weighted by Crippen LogP contribution is -2.55. The van der Waals surface area contributed by atoms with Gasteiger partial charge in [0, 0.05) is 33.5 Å². The van der Waals surface area contributed by atoms with Gasteiger partial charge in [-0.1, -0.05) is 84.4 Å². The smallest absolute Gasteiger partial charge is 0.273 e. The van der Waals surface area contributed by atoms with Gasteiger partial charge >= 0.3 is 0 Å². The fourth-order valence-electron chi connectivity index (χ4n) is 7.48. The number of carbonyl (C=O) groups is 1. The number of aliphatic hydroxyl groups is 1. The van der Waals surface area contributed by atoms with E-state index in [0.717, 1.165) is 12.8 Å². The maximum absolute atomic E-state index is 13.2. The Hall–Kier alpha value is -2.08. The van der Waals surface area contributed by atoms with Crippen LogP contribution >= 0.6 is 0 Å². The predicted octanol–water partition coefficient (Wildman–Crippen LogP) is 8.31. The first-order valence-corrected chi connectivity index (χ1v) is 20.0. The molecule has 0 unspecified atom stereocenters. The molecule has 48 heavy (non-hydrogen) atoms. The molecule has 0 spiro atoms. The Morgan fingerprint density at radius 1 is 1.15 bits per heavy atom. The van der Waals surface area contributed by atoms with Crippen LogP contribution in [0.15, 0.2) is 46.6 Å². The molecule has 0 saturated carbocycles. The second-order valence-corrected chi connectivity index (χ2v) is 20.0. The zero-order valence-electron chi connectivity index (χ0n) is 31.9. The molecule has 1 aromatic heterocycles. The summed E-state index contributed by atoms with van der Waals surface area (Å²) in [6.07, 6.45) is 15.3. The molecule has 6 atom stereocenters. The third-order valence-corrected chi connectivity index (χ3v) is 15.9. The summed E-state index contributed by atoms with van der Waals surface area (Å²) < 4.78 is 30.9. The summed E-state index contributed by atoms with van der Waals surface area (Å²) in [6, 6.07) is -0.674. The minimum Gasteiger partial charge on any atom is -0.448 e. The van der Waals surface area contributed by atoms with Crippen LogP contribution in [0.3, 0.4) is 0 Å². The lowest BCUT2D eigenvalue weighted by atomic mass is 9.94. The summed E-state index contributed by atoms with van der Waals surface area (Å²) >= 11 is 0. The van der Waals surface area contributed by atoms with Crippen molar-refractivity contribution >= 4 is 14.2 Å². The summed E-state index contributed by atoms with van der Waals surface area (Å²) in [7, 11) is 1.11. The Morgan fingerprint density at radius 2 is 1.81 bits per heavy atom. The number of aliphatic hydroxyl groups excluding tert-OH is 1. The van der Waals surface area contributed by atoms with E-state index in [1.165, 1.54) is 11.8 Å². The zero-order valence-corrected chi connectivity index (χ0v) is 32.9. The fourth-order valence-corrected chi connectivity index (χ4v) is 13.1. The monoisotopic (exact) mass is 690 g/mol. The molecule has 1 saturated heterocycles. The van der Waals surface area contributed by atoms with Crippen molar-refractivity contribution in [1.29, 1.82) is 0 Å². The lowest BCUT2D eigenvalue weighted by molar-refractivity contribution is -0.277. The van der Waals surface area contributed by atoms with E-state index in [4.69, 9.17) is 23.1 Å². The van der Waals surface area contributed by atoms with Crippen LogP contribution in [0.25, 0.3) is 0 Å². The first kappa shape index (κ1) is 42.1. The highest BCUT2D eigenvalue weighted by Gasteiger charge is 2.49. The molecule has 0 aliphatic carbocycles. The highest BCUT2D eigenvalue weighted by Crippen LogP contribution is 2.45. The molecule has 1 aliphatic heterocycles. The summed E-state index contributed by atoms with van der Waals surface area (Å²) in [4.78, 5) is 17.6. The van der Waals surface area contributed by atoms with E-state index >= 15 is 0 Å². The van der Waals surface area contributed by atoms with E-state index in [-0.39, 0.29) is 24.5 Å². The molecule has 2 heterocycles. The van der Waals surface area contributed by atoms with Gasteiger partial charge in [0.2, 0.25) is 8.32 Å². The normalized spacial score (nSPS) is 23.1. The van der Waals surface area contributed by atoms with Crippen molar-refractivity contribution in [2.24, 2.45) is 5.92 Å². The quantitative estimate of drug-likeness (QED) is 0.104. The van der Waals surface area contributed by atoms with E-state index in [9.17, 15) is 9.90 Å². The average Bonchev–Trinajstić information content (AvgIpc) is 3.49. The number of amides is 1. The van der Waals surface area contributed by atoms with Gasteiger partial charge in [-0.05, 0) is 62.6 Å². The van der Waals surface area contributed by atoms with Gasteiger partial charge in [0.1, 0.15) is 6.26 Å². The Balaban J connectivity index is 2.05. The predicted molar refractivity (Wildman–Crippen MR) is 196 cm³/mol. The Labute approximate surface area is 292 Å². The van der Waals surface area contributed by atoms with Crippen LogP contribution in [0.5, 0.6) is 0 Å². The molecule has 2 N–H and O–H groups in total. The van der Waals surface area contributed by atoms with Crippen molar-refractivity contribution in [3.63, 3.8) is 0 Å². The molecule has 1 amide bonds. The summed E-state index contributed by atoms with van der Waals surface area (Å²) in [5, 5.41) is 13.2. The number of rotatable bonds is 20. The highest BCUT2D eigenvalue weighted by atomic mass is 28.4. The number of ether oxygens (including phenoxy) is 3. The van der Waals surface area contributed by atoms with Crippen LogP contribution in [-0.4, -0.2) is 75.3 Å². The Bertz CT molecular complexity index is 1170. The van der Waals surface area contributed by atoms with Crippen molar-refractivity contribution in [2.75, 3.05) is 20.8 Å². The lowest BCUT2D eigenvalue weighted by Gasteiger charge is -2.49. The molecule has 9 nitrogen and oxygen atoms in total. The number of methoxy groups -OCH3 is 2. The molecule has 0 radical (unpaired) electrons. The second-order valence-electron chi connectivity index (χ2n) is 14.6. The largest absolute Gasteiger partial charge is 0.448 e. The molecule has 0 aromatic carbocycles. The molecule has 1 aliphatic rings. The van der Waals surface area contributed by atoms with Crippen molar-refractivity contribution in [2.45, 2.75) is 155 Å². The van der Waals surface area contributed by atoms with E-state index < -0.39 is 32.2 Å². The van der Waals surface area contributed by atoms with E-state index in [1.807, 2.05) is 13.8 Å². The molecule has 0 bridgehead atoms. The van der Waals surface area contributed by atoms with Crippen LogP contribution < -0.4 is 5.32 Å². The Kier molecular flexibility index (Phi) is 17.5. The third-order valence-electron chi connectivity index (χ3n) is 9.77. The second kappa shape index (κ2) is 19.9. The molecular weight excluding hydrogens is 625 g/mol. The minimum absolute atomic E-state index is 0.0388. The van der Waals surface area contributed by atoms with Gasteiger partial charge in [0.25, 0.3) is 5.91 Å². The fraction of sp³-hybridized carbons (Fsp3) is 0.737. The number of oxazole rings is 1. The molecule has 10 heteroatoms. The van der Waals surface area contributed by atoms with Gasteiger partial charge in [0.15, 0.2) is 17.4 Å². The number of aromatic nitrogens is 1. The van der Waals surface area contributed by atoms with Gasteiger partial charge in [-0.3, -0.25) is 4.79 Å². The number of allylic oxidation sites excluding steroid dienone is 6. The molecule has 1 aromatic rings. The molecular formula is C38H66N2O7Si. The van der Waals surface area contributed by atoms with Gasteiger partial charge in [0.05, 0.1) is 31.0 Å². The van der Waals surface area contributed by atoms with Gasteiger partial charge in [-0.2, -0.15) is 0 Å². The SMILES string of the molecule is C/C=C/[C@@H](C)/C=C(/C)C/C=C/CCc1nc(C(=O)N[C@H](CO)[C@H](C[C@@H]2C[C@H](O[Si](C(C)C)(C(C)C)C(C)C)C[C@@](C)(OC)O2)OC)co1. The third kappa shape index (κ3) is 12.1. The van der Waals surface area contributed by atoms with Crippen molar-refractivity contribution in [3.8, 4) is 0 Å². The van der Waals surface area contributed by atoms with Gasteiger partial charge < -0.3 is 33.5 Å². The molecule has 1 fully saturated rings. The summed E-state index contributed by atoms with van der Waals surface area (Å²) in [5.74, 6) is -0.324. The maximum Gasteiger partial charge on any atom is 0.273 e. The van der Waals surface area contributed by atoms with Gasteiger partial charge in [-0.25, -0.2) is 4.98 Å². The Morgan fingerprint density at radius 3 is 2.38 bits per heavy atom. The van der Waals surface area contributed by atoms with Crippen LogP contribution in [0.1, 0.15) is 118 Å². The zero-order chi connectivity index (χ0) is 36.1. The number of carbonyl (C=O) groups excluding carboxylic acids is 1. The van der Waals surface area contributed by atoms with Crippen molar-refractivity contribution in [1.82, 2.24) is 10.3 Å². The van der Waals surface area contributed by atoms with Crippen LogP contribution in [0.2, 0.25) is 16.6 Å². The first-order valence-electron chi connectivity index (χ1n) is 17.9. The number of aryl methyl sites for hydroxylation is 1. The molecule has 2 rings (SSSR count). The maximum atomic E-state index is 13.2. The minimum atomic E-state index is -2.14.